The molecule has 32 heavy (non-hydrogen) atoms. The zero-order chi connectivity index (χ0) is 21.5. The Bertz CT molecular complexity index is 1080. The molecule has 4 rings (SSSR count). The Morgan fingerprint density at radius 3 is 1.75 bits per heavy atom. The van der Waals surface area contributed by atoms with Gasteiger partial charge in [0.25, 0.3) is 0 Å². The third kappa shape index (κ3) is 5.19. The Kier molecular flexibility index (Phi) is 9.62. The zero-order valence-corrected chi connectivity index (χ0v) is 26.5. The van der Waals surface area contributed by atoms with E-state index in [1.165, 1.54) is 30.0 Å². The van der Waals surface area contributed by atoms with Crippen LogP contribution in [0.2, 0.25) is 0 Å². The molecular weight excluding hydrogens is 614 g/mol. The van der Waals surface area contributed by atoms with Crippen molar-refractivity contribution in [1.29, 1.82) is 0 Å². The fraction of sp³-hybridized carbons (Fsp3) is 0.357. The van der Waals surface area contributed by atoms with Crippen LogP contribution in [0.3, 0.4) is 0 Å². The topological polar surface area (TPSA) is 0 Å². The second kappa shape index (κ2) is 11.2. The summed E-state index contributed by atoms with van der Waals surface area (Å²) in [5, 5.41) is 0. The second-order valence-electron chi connectivity index (χ2n) is 9.66. The normalized spacial score (nSPS) is 19.9. The van der Waals surface area contributed by atoms with E-state index < -0.39 is 18.6 Å². The standard InChI is InChI=1S/C7H8Si.3C7H9.2ClH.Hf/c8-6-7-4-2-1-3-5-7;3*1-6-3-4-7(2)5-6;;;/h1-5,8H,6H2;2*5H,3H2,1-2H3;3,5,7H,1-2H3;2*1H;/q;;;;;;+2/p-2. The predicted molar refractivity (Wildman–Crippen MR) is 130 cm³/mol. The number of hydrogen-bond donors (Lipinski definition) is 0. The molecule has 0 amide bonds. The van der Waals surface area contributed by atoms with Crippen molar-refractivity contribution < 1.29 is 43.4 Å². The van der Waals surface area contributed by atoms with Crippen LogP contribution in [-0.2, 0) is 24.6 Å². The van der Waals surface area contributed by atoms with Crippen molar-refractivity contribution in [2.24, 2.45) is 5.92 Å². The van der Waals surface area contributed by atoms with Gasteiger partial charge in [-0.2, -0.15) is 0 Å². The maximum atomic E-state index is 2.63. The van der Waals surface area contributed by atoms with Crippen LogP contribution in [0.15, 0.2) is 92.5 Å². The first-order valence-electron chi connectivity index (χ1n) is 11.3. The first-order chi connectivity index (χ1) is 14.3. The van der Waals surface area contributed by atoms with E-state index in [2.05, 4.69) is 96.2 Å². The quantitative estimate of drug-likeness (QED) is 0.424. The molecule has 3 aliphatic rings. The molecule has 0 heterocycles. The number of benzene rings is 1. The summed E-state index contributed by atoms with van der Waals surface area (Å²) in [4.78, 5) is 0. The summed E-state index contributed by atoms with van der Waals surface area (Å²) in [5.74, 6) is 0.609. The van der Waals surface area contributed by atoms with Gasteiger partial charge in [-0.05, 0) is 0 Å². The SMILES string of the molecule is CC1=CC(C)[C]([Hf+2](=[SiH]Cc2ccccc2)([C]2=C(C)C=C(C)C2)[C]2=C(C)C=C(C)C2)=C1.[Cl-].[Cl-]. The monoisotopic (exact) mass is 649 g/mol. The van der Waals surface area contributed by atoms with Crippen LogP contribution in [0.5, 0.6) is 0 Å². The molecule has 0 spiro atoms. The van der Waals surface area contributed by atoms with Crippen LogP contribution in [0.25, 0.3) is 0 Å². The maximum Gasteiger partial charge on any atom is -1.00 e. The molecule has 0 fully saturated rings. The van der Waals surface area contributed by atoms with Crippen molar-refractivity contribution in [3.05, 3.63) is 98.1 Å². The van der Waals surface area contributed by atoms with Crippen molar-refractivity contribution in [1.82, 2.24) is 0 Å². The second-order valence-corrected chi connectivity index (χ2v) is 34.2. The average Bonchev–Trinajstić information content (AvgIpc) is 3.34. The molecule has 1 aromatic carbocycles. The van der Waals surface area contributed by atoms with E-state index >= 15 is 0 Å². The Labute approximate surface area is 212 Å². The first-order valence-corrected chi connectivity index (χ1v) is 24.4. The maximum absolute atomic E-state index is 3.17. The van der Waals surface area contributed by atoms with Gasteiger partial charge in [0, 0.05) is 0 Å². The summed E-state index contributed by atoms with van der Waals surface area (Å²) < 4.78 is 5.69. The van der Waals surface area contributed by atoms with Crippen molar-refractivity contribution in [2.75, 3.05) is 0 Å². The molecule has 169 valence electrons. The Morgan fingerprint density at radius 2 is 1.34 bits per heavy atom. The van der Waals surface area contributed by atoms with Crippen molar-refractivity contribution >= 4 is 6.22 Å². The van der Waals surface area contributed by atoms with Crippen molar-refractivity contribution in [2.45, 2.75) is 60.4 Å². The van der Waals surface area contributed by atoms with E-state index in [0.717, 1.165) is 0 Å². The number of rotatable bonds is 5. The zero-order valence-electron chi connectivity index (χ0n) is 20.2. The van der Waals surface area contributed by atoms with Gasteiger partial charge in [0.2, 0.25) is 0 Å². The summed E-state index contributed by atoms with van der Waals surface area (Å²) >= 11 is -3.17. The smallest absolute Gasteiger partial charge is 1.00 e. The molecule has 0 N–H and O–H groups in total. The Hall–Kier alpha value is -0.673. The van der Waals surface area contributed by atoms with Gasteiger partial charge in [0.05, 0.1) is 0 Å². The van der Waals surface area contributed by atoms with E-state index in [9.17, 15) is 0 Å². The summed E-state index contributed by atoms with van der Waals surface area (Å²) in [6.07, 6.45) is 13.0. The van der Waals surface area contributed by atoms with Crippen LogP contribution in [0.1, 0.15) is 59.9 Å². The molecule has 0 saturated heterocycles. The molecule has 3 aliphatic carbocycles. The average molecular weight is 649 g/mol. The minimum atomic E-state index is -3.17. The van der Waals surface area contributed by atoms with Crippen LogP contribution in [-0.4, -0.2) is 6.22 Å². The van der Waals surface area contributed by atoms with Crippen LogP contribution >= 0.6 is 0 Å². The van der Waals surface area contributed by atoms with Gasteiger partial charge < -0.3 is 24.8 Å². The summed E-state index contributed by atoms with van der Waals surface area (Å²) in [6.45, 7) is 14.3. The molecule has 0 saturated carbocycles. The fourth-order valence-corrected chi connectivity index (χ4v) is 46.7. The van der Waals surface area contributed by atoms with Crippen LogP contribution < -0.4 is 24.8 Å². The van der Waals surface area contributed by atoms with E-state index in [4.69, 9.17) is 0 Å². The largest absolute Gasteiger partial charge is 1.00 e. The Morgan fingerprint density at radius 1 is 0.812 bits per heavy atom. The summed E-state index contributed by atoms with van der Waals surface area (Å²) in [7, 11) is 0. The molecule has 0 nitrogen and oxygen atoms in total. The van der Waals surface area contributed by atoms with Gasteiger partial charge in [-0.25, -0.2) is 0 Å². The summed E-state index contributed by atoms with van der Waals surface area (Å²) in [5.41, 5.74) is 9.39. The minimum Gasteiger partial charge on any atom is -1.00 e. The number of halogens is 2. The number of hydrogen-bond acceptors (Lipinski definition) is 0. The van der Waals surface area contributed by atoms with Crippen molar-refractivity contribution in [3.8, 4) is 0 Å². The Balaban J connectivity index is 0.00000181. The molecule has 1 aromatic rings. The number of allylic oxidation sites excluding steroid dienone is 12. The third-order valence-electron chi connectivity index (χ3n) is 7.07. The van der Waals surface area contributed by atoms with Crippen LogP contribution in [0.4, 0.5) is 0 Å². The third-order valence-corrected chi connectivity index (χ3v) is 42.0. The first kappa shape index (κ1) is 27.6. The molecule has 4 heteroatoms. The molecule has 0 radical (unpaired) electrons. The predicted octanol–water partition coefficient (Wildman–Crippen LogP) is 1.43. The molecule has 0 aromatic heterocycles. The molecule has 1 unspecified atom stereocenters. The van der Waals surface area contributed by atoms with Crippen molar-refractivity contribution in [3.63, 3.8) is 0 Å². The van der Waals surface area contributed by atoms with Gasteiger partial charge in [0.1, 0.15) is 0 Å². The van der Waals surface area contributed by atoms with Gasteiger partial charge >= 0.3 is 189 Å². The van der Waals surface area contributed by atoms with Gasteiger partial charge in [-0.3, -0.25) is 0 Å². The summed E-state index contributed by atoms with van der Waals surface area (Å²) in [6, 6.07) is 12.6. The molecule has 1 atom stereocenters. The van der Waals surface area contributed by atoms with E-state index in [1.807, 2.05) is 9.99 Å². The fourth-order valence-electron chi connectivity index (χ4n) is 5.91. The van der Waals surface area contributed by atoms with Gasteiger partial charge in [0.15, 0.2) is 0 Å². The van der Waals surface area contributed by atoms with Crippen LogP contribution in [0, 0.1) is 5.92 Å². The molecule has 0 aliphatic heterocycles. The van der Waals surface area contributed by atoms with E-state index in [1.54, 1.807) is 22.3 Å². The van der Waals surface area contributed by atoms with Gasteiger partial charge in [-0.1, -0.05) is 0 Å². The molecule has 0 bridgehead atoms. The molecular formula is C28H35Cl2HfSi. The van der Waals surface area contributed by atoms with Gasteiger partial charge in [-0.15, -0.1) is 0 Å². The minimum absolute atomic E-state index is 0. The van der Waals surface area contributed by atoms with E-state index in [-0.39, 0.29) is 24.8 Å². The van der Waals surface area contributed by atoms with E-state index in [0.29, 0.717) is 12.1 Å².